The Morgan fingerprint density at radius 1 is 1.27 bits per heavy atom. The monoisotopic (exact) mass is 425 g/mol. The second-order valence-electron chi connectivity index (χ2n) is 9.72. The predicted molar refractivity (Wildman–Crippen MR) is 129 cm³/mol. The summed E-state index contributed by atoms with van der Waals surface area (Å²) in [6.45, 7) is 16.4. The second-order valence-corrected chi connectivity index (χ2v) is 10.3. The molecular formula is C26H35NO2S. The first-order chi connectivity index (χ1) is 14.0. The molecule has 1 aromatic rings. The average molecular weight is 426 g/mol. The number of anilines is 1. The Hall–Kier alpha value is -1.94. The second kappa shape index (κ2) is 8.30. The third-order valence-electron chi connectivity index (χ3n) is 6.84. The van der Waals surface area contributed by atoms with Gasteiger partial charge in [-0.25, -0.2) is 4.79 Å². The minimum atomic E-state index is -0.276. The van der Waals surface area contributed by atoms with Crippen molar-refractivity contribution in [3.8, 4) is 0 Å². The Bertz CT molecular complexity index is 927. The molecule has 0 saturated heterocycles. The van der Waals surface area contributed by atoms with E-state index in [0.29, 0.717) is 12.5 Å². The van der Waals surface area contributed by atoms with Gasteiger partial charge in [0.15, 0.2) is 0 Å². The number of hydrogen-bond donors (Lipinski definition) is 0. The predicted octanol–water partition coefficient (Wildman–Crippen LogP) is 6.17. The first-order valence-electron chi connectivity index (χ1n) is 11.0. The van der Waals surface area contributed by atoms with Crippen molar-refractivity contribution in [2.24, 2.45) is 5.92 Å². The molecule has 2 aliphatic rings. The largest absolute Gasteiger partial charge is 0.463 e. The highest BCUT2D eigenvalue weighted by atomic mass is 32.1. The molecule has 0 radical (unpaired) electrons. The number of aryl methyl sites for hydroxylation is 1. The zero-order chi connectivity index (χ0) is 22.3. The molecule has 4 heteroatoms. The smallest absolute Gasteiger partial charge is 0.330 e. The summed E-state index contributed by atoms with van der Waals surface area (Å²) in [4.78, 5) is 14.9. The fourth-order valence-electron chi connectivity index (χ4n) is 4.72. The van der Waals surface area contributed by atoms with E-state index < -0.39 is 0 Å². The van der Waals surface area contributed by atoms with Crippen LogP contribution in [0, 0.1) is 12.8 Å². The number of benzene rings is 1. The zero-order valence-electron chi connectivity index (χ0n) is 19.5. The summed E-state index contributed by atoms with van der Waals surface area (Å²) >= 11 is 5.57. The van der Waals surface area contributed by atoms with Gasteiger partial charge in [0.1, 0.15) is 0 Å². The van der Waals surface area contributed by atoms with Crippen LogP contribution in [0.5, 0.6) is 0 Å². The van der Waals surface area contributed by atoms with E-state index in [1.165, 1.54) is 22.4 Å². The van der Waals surface area contributed by atoms with E-state index in [4.69, 9.17) is 17.0 Å². The van der Waals surface area contributed by atoms with Crippen molar-refractivity contribution in [3.05, 3.63) is 52.6 Å². The van der Waals surface area contributed by atoms with Crippen molar-refractivity contribution in [1.82, 2.24) is 0 Å². The molecular weight excluding hydrogens is 390 g/mol. The third kappa shape index (κ3) is 4.39. The summed E-state index contributed by atoms with van der Waals surface area (Å²) in [7, 11) is 0. The molecule has 3 nitrogen and oxygen atoms in total. The average Bonchev–Trinajstić information content (AvgIpc) is 3.31. The highest BCUT2D eigenvalue weighted by Gasteiger charge is 2.50. The molecule has 0 spiro atoms. The van der Waals surface area contributed by atoms with Crippen LogP contribution >= 0.6 is 12.2 Å². The molecule has 3 rings (SSSR count). The fraction of sp³-hybridized carbons (Fsp3) is 0.538. The maximum atomic E-state index is 11.6. The van der Waals surface area contributed by atoms with Crippen LogP contribution in [0.15, 0.2) is 35.9 Å². The quantitative estimate of drug-likeness (QED) is 0.244. The third-order valence-corrected chi connectivity index (χ3v) is 7.06. The Morgan fingerprint density at radius 3 is 2.60 bits per heavy atom. The lowest BCUT2D eigenvalue weighted by atomic mass is 9.75. The van der Waals surface area contributed by atoms with E-state index in [9.17, 15) is 4.79 Å². The normalized spacial score (nSPS) is 25.2. The van der Waals surface area contributed by atoms with Gasteiger partial charge in [-0.1, -0.05) is 51.2 Å². The van der Waals surface area contributed by atoms with Crippen molar-refractivity contribution in [2.45, 2.75) is 72.1 Å². The number of nitrogens with zero attached hydrogens (tertiary/aromatic N) is 1. The van der Waals surface area contributed by atoms with Crippen LogP contribution in [0.25, 0.3) is 0 Å². The molecule has 1 heterocycles. The van der Waals surface area contributed by atoms with Gasteiger partial charge in [-0.05, 0) is 85.6 Å². The van der Waals surface area contributed by atoms with Crippen molar-refractivity contribution in [2.75, 3.05) is 18.1 Å². The van der Waals surface area contributed by atoms with Crippen LogP contribution < -0.4 is 4.90 Å². The maximum absolute atomic E-state index is 11.6. The van der Waals surface area contributed by atoms with Crippen molar-refractivity contribution in [3.63, 3.8) is 0 Å². The van der Waals surface area contributed by atoms with E-state index in [1.807, 2.05) is 20.8 Å². The molecule has 0 bridgehead atoms. The maximum Gasteiger partial charge on any atom is 0.330 e. The van der Waals surface area contributed by atoms with Gasteiger partial charge in [0.2, 0.25) is 0 Å². The van der Waals surface area contributed by atoms with Crippen LogP contribution in [0.4, 0.5) is 5.69 Å². The molecule has 0 N–H and O–H groups in total. The lowest BCUT2D eigenvalue weighted by Gasteiger charge is -2.41. The van der Waals surface area contributed by atoms with Crippen LogP contribution in [-0.2, 0) is 20.4 Å². The van der Waals surface area contributed by atoms with Crippen LogP contribution in [0.1, 0.15) is 71.1 Å². The molecule has 30 heavy (non-hydrogen) atoms. The Labute approximate surface area is 187 Å². The van der Waals surface area contributed by atoms with Gasteiger partial charge in [0.05, 0.1) is 11.6 Å². The number of carbonyl (C=O) groups is 1. The Morgan fingerprint density at radius 2 is 1.97 bits per heavy atom. The van der Waals surface area contributed by atoms with E-state index in [-0.39, 0.29) is 16.8 Å². The molecule has 162 valence electrons. The van der Waals surface area contributed by atoms with Crippen molar-refractivity contribution < 1.29 is 9.53 Å². The van der Waals surface area contributed by atoms with Gasteiger partial charge < -0.3 is 9.64 Å². The minimum Gasteiger partial charge on any atom is -0.463 e. The molecule has 1 aliphatic heterocycles. The standard InChI is InChI=1S/C26H35NO2S/c1-8-29-24(28)13-17(2)9-10-20-16-26(20,7)21-15-23-22(14-18(21)3)25(5,6)11-12-27(23)19(4)30/h9-10,13-15,20H,8,11-12,16H2,1-7H3/b10-9+,17-13+/t20?,26-/m0/s1. The summed E-state index contributed by atoms with van der Waals surface area (Å²) in [5, 5.41) is 0. The van der Waals surface area contributed by atoms with Gasteiger partial charge >= 0.3 is 5.97 Å². The number of esters is 1. The van der Waals surface area contributed by atoms with Gasteiger partial charge in [-0.2, -0.15) is 0 Å². The van der Waals surface area contributed by atoms with Crippen molar-refractivity contribution >= 4 is 28.9 Å². The van der Waals surface area contributed by atoms with Gasteiger partial charge in [-0.3, -0.25) is 0 Å². The zero-order valence-corrected chi connectivity index (χ0v) is 20.3. The number of fused-ring (bicyclic) bond motifs is 1. The van der Waals surface area contributed by atoms with E-state index >= 15 is 0 Å². The number of rotatable bonds is 5. The molecule has 0 amide bonds. The lowest BCUT2D eigenvalue weighted by Crippen LogP contribution is -2.39. The van der Waals surface area contributed by atoms with Crippen molar-refractivity contribution in [1.29, 1.82) is 0 Å². The summed E-state index contributed by atoms with van der Waals surface area (Å²) in [5.41, 5.74) is 6.69. The van der Waals surface area contributed by atoms with Gasteiger partial charge in [0.25, 0.3) is 0 Å². The van der Waals surface area contributed by atoms with E-state index in [0.717, 1.165) is 29.9 Å². The van der Waals surface area contributed by atoms with Gasteiger partial charge in [-0.15, -0.1) is 0 Å². The number of hydrogen-bond acceptors (Lipinski definition) is 3. The molecule has 2 atom stereocenters. The molecule has 1 saturated carbocycles. The number of ether oxygens (including phenoxy) is 1. The summed E-state index contributed by atoms with van der Waals surface area (Å²) in [5.74, 6) is 0.195. The highest BCUT2D eigenvalue weighted by Crippen LogP contribution is 2.57. The molecule has 1 unspecified atom stereocenters. The summed E-state index contributed by atoms with van der Waals surface area (Å²) in [6.07, 6.45) is 8.09. The Balaban J connectivity index is 1.88. The fourth-order valence-corrected chi connectivity index (χ4v) is 4.91. The minimum absolute atomic E-state index is 0.127. The summed E-state index contributed by atoms with van der Waals surface area (Å²) in [6, 6.07) is 4.79. The SMILES string of the molecule is CCOC(=O)/C=C(C)/C=C/C1C[C@]1(C)c1cc2c(cc1C)C(C)(C)CCN2C(C)=S. The van der Waals surface area contributed by atoms with Crippen LogP contribution in [-0.4, -0.2) is 24.1 Å². The molecule has 1 fully saturated rings. The van der Waals surface area contributed by atoms with E-state index in [1.54, 1.807) is 6.08 Å². The molecule has 1 aliphatic carbocycles. The van der Waals surface area contributed by atoms with Crippen LogP contribution in [0.2, 0.25) is 0 Å². The number of thiocarbonyl (C=S) groups is 1. The first kappa shape index (κ1) is 22.7. The molecule has 1 aromatic carbocycles. The Kier molecular flexibility index (Phi) is 6.29. The molecule has 0 aromatic heterocycles. The highest BCUT2D eigenvalue weighted by molar-refractivity contribution is 7.80. The number of allylic oxidation sites excluding steroid dienone is 3. The van der Waals surface area contributed by atoms with Crippen LogP contribution in [0.3, 0.4) is 0 Å². The lowest BCUT2D eigenvalue weighted by molar-refractivity contribution is -0.137. The summed E-state index contributed by atoms with van der Waals surface area (Å²) < 4.78 is 5.00. The van der Waals surface area contributed by atoms with Gasteiger partial charge in [0, 0.05) is 18.3 Å². The number of carbonyl (C=O) groups excluding carboxylic acids is 1. The first-order valence-corrected chi connectivity index (χ1v) is 11.4. The van der Waals surface area contributed by atoms with E-state index in [2.05, 4.69) is 56.9 Å². The topological polar surface area (TPSA) is 29.5 Å².